The van der Waals surface area contributed by atoms with Gasteiger partial charge in [-0.15, -0.1) is 11.3 Å². The first-order chi connectivity index (χ1) is 9.43. The summed E-state index contributed by atoms with van der Waals surface area (Å²) in [5, 5.41) is 0. The molecule has 0 aliphatic heterocycles. The standard InChI is InChI=1S/C15H22F3NOS/c1-6-11-7-12(21-10(11)2)13(20)19(8-14(3,4)5)9-15(16,17)18/h7H,6,8-9H2,1-5H3. The van der Waals surface area contributed by atoms with Crippen LogP contribution >= 0.6 is 11.3 Å². The second-order valence-corrected chi connectivity index (χ2v) is 7.64. The number of amides is 1. The van der Waals surface area contributed by atoms with Crippen molar-refractivity contribution in [3.63, 3.8) is 0 Å². The fraction of sp³-hybridized carbons (Fsp3) is 0.667. The molecule has 0 fully saturated rings. The van der Waals surface area contributed by atoms with Crippen LogP contribution in [0.3, 0.4) is 0 Å². The average Bonchev–Trinajstić information content (AvgIpc) is 2.65. The van der Waals surface area contributed by atoms with Crippen LogP contribution in [0.25, 0.3) is 0 Å². The molecule has 0 aliphatic rings. The van der Waals surface area contributed by atoms with Crippen molar-refractivity contribution in [3.8, 4) is 0 Å². The van der Waals surface area contributed by atoms with Gasteiger partial charge in [-0.2, -0.15) is 13.2 Å². The molecule has 0 radical (unpaired) electrons. The summed E-state index contributed by atoms with van der Waals surface area (Å²) in [5.41, 5.74) is 0.631. The monoisotopic (exact) mass is 321 g/mol. The van der Waals surface area contributed by atoms with Crippen LogP contribution in [-0.2, 0) is 6.42 Å². The zero-order valence-corrected chi connectivity index (χ0v) is 13.9. The molecule has 1 aromatic heterocycles. The molecule has 120 valence electrons. The fourth-order valence-corrected chi connectivity index (χ4v) is 3.20. The molecule has 0 saturated carbocycles. The van der Waals surface area contributed by atoms with E-state index < -0.39 is 18.6 Å². The van der Waals surface area contributed by atoms with Gasteiger partial charge in [-0.3, -0.25) is 4.79 Å². The fourth-order valence-electron chi connectivity index (χ4n) is 2.12. The quantitative estimate of drug-likeness (QED) is 0.789. The number of aryl methyl sites for hydroxylation is 2. The maximum atomic E-state index is 12.7. The first-order valence-corrected chi connectivity index (χ1v) is 7.70. The van der Waals surface area contributed by atoms with Crippen LogP contribution in [-0.4, -0.2) is 30.1 Å². The molecular weight excluding hydrogens is 299 g/mol. The van der Waals surface area contributed by atoms with Crippen molar-refractivity contribution in [2.45, 2.75) is 47.2 Å². The smallest absolute Gasteiger partial charge is 0.328 e. The lowest BCUT2D eigenvalue weighted by molar-refractivity contribution is -0.142. The van der Waals surface area contributed by atoms with E-state index in [0.29, 0.717) is 4.88 Å². The summed E-state index contributed by atoms with van der Waals surface area (Å²) >= 11 is 1.27. The summed E-state index contributed by atoms with van der Waals surface area (Å²) in [4.78, 5) is 14.7. The van der Waals surface area contributed by atoms with Crippen LogP contribution in [0, 0.1) is 12.3 Å². The molecule has 0 bridgehead atoms. The number of alkyl halides is 3. The topological polar surface area (TPSA) is 20.3 Å². The third-order valence-corrected chi connectivity index (χ3v) is 4.02. The predicted octanol–water partition coefficient (Wildman–Crippen LogP) is 4.67. The number of thiophene rings is 1. The molecule has 2 nitrogen and oxygen atoms in total. The molecule has 1 amide bonds. The van der Waals surface area contributed by atoms with Crippen LogP contribution in [0.4, 0.5) is 13.2 Å². The molecule has 1 rings (SSSR count). The molecule has 0 aliphatic carbocycles. The Hall–Kier alpha value is -1.04. The molecule has 0 atom stereocenters. The third kappa shape index (κ3) is 5.69. The van der Waals surface area contributed by atoms with E-state index in [4.69, 9.17) is 0 Å². The van der Waals surface area contributed by atoms with Gasteiger partial charge in [-0.1, -0.05) is 27.7 Å². The lowest BCUT2D eigenvalue weighted by Crippen LogP contribution is -2.43. The maximum Gasteiger partial charge on any atom is 0.406 e. The third-order valence-electron chi connectivity index (χ3n) is 2.93. The zero-order valence-electron chi connectivity index (χ0n) is 13.1. The highest BCUT2D eigenvalue weighted by atomic mass is 32.1. The normalized spacial score (nSPS) is 12.6. The van der Waals surface area contributed by atoms with Crippen LogP contribution in [0.5, 0.6) is 0 Å². The molecule has 0 spiro atoms. The molecule has 21 heavy (non-hydrogen) atoms. The Morgan fingerprint density at radius 2 is 1.81 bits per heavy atom. The Balaban J connectivity index is 3.03. The second-order valence-electron chi connectivity index (χ2n) is 6.38. The minimum atomic E-state index is -4.39. The van der Waals surface area contributed by atoms with E-state index in [2.05, 4.69) is 0 Å². The molecule has 0 N–H and O–H groups in total. The number of rotatable bonds is 4. The van der Waals surface area contributed by atoms with Gasteiger partial charge in [-0.25, -0.2) is 0 Å². The summed E-state index contributed by atoms with van der Waals surface area (Å²) in [6.45, 7) is 8.18. The Morgan fingerprint density at radius 3 is 2.19 bits per heavy atom. The second kappa shape index (κ2) is 6.38. The van der Waals surface area contributed by atoms with Crippen LogP contribution in [0.15, 0.2) is 6.07 Å². The van der Waals surface area contributed by atoms with Gasteiger partial charge < -0.3 is 4.90 Å². The highest BCUT2D eigenvalue weighted by Crippen LogP contribution is 2.27. The largest absolute Gasteiger partial charge is 0.406 e. The number of carbonyl (C=O) groups is 1. The van der Waals surface area contributed by atoms with Gasteiger partial charge in [0.1, 0.15) is 6.54 Å². The molecule has 0 unspecified atom stereocenters. The van der Waals surface area contributed by atoms with Gasteiger partial charge in [0, 0.05) is 11.4 Å². The summed E-state index contributed by atoms with van der Waals surface area (Å²) in [7, 11) is 0. The number of halogens is 3. The van der Waals surface area contributed by atoms with E-state index in [-0.39, 0.29) is 12.0 Å². The SMILES string of the molecule is CCc1cc(C(=O)N(CC(C)(C)C)CC(F)(F)F)sc1C. The van der Waals surface area contributed by atoms with Crippen molar-refractivity contribution in [3.05, 3.63) is 21.4 Å². The van der Waals surface area contributed by atoms with E-state index in [1.165, 1.54) is 11.3 Å². The Morgan fingerprint density at radius 1 is 1.24 bits per heavy atom. The van der Waals surface area contributed by atoms with Gasteiger partial charge in [0.2, 0.25) is 0 Å². The summed E-state index contributed by atoms with van der Waals surface area (Å²) in [6, 6.07) is 1.72. The van der Waals surface area contributed by atoms with Crippen molar-refractivity contribution >= 4 is 17.2 Å². The Kier molecular flexibility index (Phi) is 5.47. The molecule has 6 heteroatoms. The zero-order chi connectivity index (χ0) is 16.4. The molecule has 0 saturated heterocycles. The Labute approximate surface area is 128 Å². The van der Waals surface area contributed by atoms with Crippen molar-refractivity contribution in [2.24, 2.45) is 5.41 Å². The highest BCUT2D eigenvalue weighted by molar-refractivity contribution is 7.14. The van der Waals surface area contributed by atoms with Crippen molar-refractivity contribution in [2.75, 3.05) is 13.1 Å². The predicted molar refractivity (Wildman–Crippen MR) is 79.8 cm³/mol. The lowest BCUT2D eigenvalue weighted by Gasteiger charge is -2.30. The van der Waals surface area contributed by atoms with Crippen molar-refractivity contribution < 1.29 is 18.0 Å². The van der Waals surface area contributed by atoms with Crippen LogP contribution in [0.1, 0.15) is 47.8 Å². The van der Waals surface area contributed by atoms with E-state index in [1.54, 1.807) is 6.07 Å². The van der Waals surface area contributed by atoms with E-state index in [1.807, 2.05) is 34.6 Å². The highest BCUT2D eigenvalue weighted by Gasteiger charge is 2.35. The minimum Gasteiger partial charge on any atom is -0.328 e. The van der Waals surface area contributed by atoms with Gasteiger partial charge >= 0.3 is 6.18 Å². The first-order valence-electron chi connectivity index (χ1n) is 6.88. The number of hydrogen-bond donors (Lipinski definition) is 0. The Bertz CT molecular complexity index is 484. The van der Waals surface area contributed by atoms with Crippen LogP contribution in [0.2, 0.25) is 0 Å². The molecule has 0 aromatic carbocycles. The molecule has 1 aromatic rings. The average molecular weight is 321 g/mol. The van der Waals surface area contributed by atoms with E-state index >= 15 is 0 Å². The number of hydrogen-bond acceptors (Lipinski definition) is 2. The molecule has 1 heterocycles. The van der Waals surface area contributed by atoms with Gasteiger partial charge in [0.05, 0.1) is 4.88 Å². The lowest BCUT2D eigenvalue weighted by atomic mass is 9.96. The first kappa shape index (κ1) is 18.0. The van der Waals surface area contributed by atoms with Gasteiger partial charge in [-0.05, 0) is 30.4 Å². The number of nitrogens with zero attached hydrogens (tertiary/aromatic N) is 1. The summed E-state index contributed by atoms with van der Waals surface area (Å²) in [5.74, 6) is -0.532. The van der Waals surface area contributed by atoms with E-state index in [9.17, 15) is 18.0 Å². The van der Waals surface area contributed by atoms with Crippen molar-refractivity contribution in [1.29, 1.82) is 0 Å². The molecular formula is C15H22F3NOS. The van der Waals surface area contributed by atoms with Gasteiger partial charge in [0.15, 0.2) is 0 Å². The minimum absolute atomic E-state index is 0.0732. The van der Waals surface area contributed by atoms with Crippen molar-refractivity contribution in [1.82, 2.24) is 4.90 Å². The van der Waals surface area contributed by atoms with Crippen LogP contribution < -0.4 is 0 Å². The maximum absolute atomic E-state index is 12.7. The summed E-state index contributed by atoms with van der Waals surface area (Å²) in [6.07, 6.45) is -3.62. The summed E-state index contributed by atoms with van der Waals surface area (Å²) < 4.78 is 38.2. The number of carbonyl (C=O) groups excluding carboxylic acids is 1. The van der Waals surface area contributed by atoms with E-state index in [0.717, 1.165) is 21.8 Å². The van der Waals surface area contributed by atoms with Gasteiger partial charge in [0.25, 0.3) is 5.91 Å².